The van der Waals surface area contributed by atoms with Crippen molar-refractivity contribution >= 4 is 0 Å². The standard InChI is InChI=1S/C10H15NO2/c12-6-5-11-9-2-1-3-10-8(9)4-7-13-10/h4,7,9,11-12H,1-3,5-6H2. The Bertz CT molecular complexity index is 270. The van der Waals surface area contributed by atoms with Crippen LogP contribution in [0, 0.1) is 0 Å². The van der Waals surface area contributed by atoms with Gasteiger partial charge in [0.05, 0.1) is 12.9 Å². The van der Waals surface area contributed by atoms with Crippen LogP contribution in [0.25, 0.3) is 0 Å². The smallest absolute Gasteiger partial charge is 0.108 e. The van der Waals surface area contributed by atoms with Gasteiger partial charge in [-0.2, -0.15) is 0 Å². The molecular weight excluding hydrogens is 166 g/mol. The van der Waals surface area contributed by atoms with Gasteiger partial charge in [0, 0.05) is 24.6 Å². The van der Waals surface area contributed by atoms with E-state index in [-0.39, 0.29) is 6.61 Å². The van der Waals surface area contributed by atoms with Crippen molar-refractivity contribution in [3.8, 4) is 0 Å². The van der Waals surface area contributed by atoms with Gasteiger partial charge in [0.1, 0.15) is 5.76 Å². The molecule has 0 saturated heterocycles. The fourth-order valence-electron chi connectivity index (χ4n) is 1.94. The highest BCUT2D eigenvalue weighted by atomic mass is 16.3. The van der Waals surface area contributed by atoms with Crippen LogP contribution in [-0.4, -0.2) is 18.3 Å². The van der Waals surface area contributed by atoms with Crippen LogP contribution in [0.15, 0.2) is 16.7 Å². The minimum Gasteiger partial charge on any atom is -0.469 e. The lowest BCUT2D eigenvalue weighted by molar-refractivity contribution is 0.279. The van der Waals surface area contributed by atoms with Crippen molar-refractivity contribution in [1.29, 1.82) is 0 Å². The van der Waals surface area contributed by atoms with Crippen molar-refractivity contribution in [1.82, 2.24) is 5.32 Å². The first kappa shape index (κ1) is 8.78. The number of aliphatic hydroxyl groups excluding tert-OH is 1. The highest BCUT2D eigenvalue weighted by molar-refractivity contribution is 5.23. The predicted octanol–water partition coefficient (Wildman–Crippen LogP) is 1.24. The number of hydrogen-bond donors (Lipinski definition) is 2. The third-order valence-electron chi connectivity index (χ3n) is 2.55. The third-order valence-corrected chi connectivity index (χ3v) is 2.55. The average Bonchev–Trinajstić information content (AvgIpc) is 2.62. The molecule has 0 aliphatic heterocycles. The number of rotatable bonds is 3. The molecule has 1 unspecified atom stereocenters. The van der Waals surface area contributed by atoms with E-state index >= 15 is 0 Å². The Morgan fingerprint density at radius 3 is 3.38 bits per heavy atom. The van der Waals surface area contributed by atoms with Gasteiger partial charge < -0.3 is 14.8 Å². The number of aliphatic hydroxyl groups is 1. The van der Waals surface area contributed by atoms with Crippen LogP contribution < -0.4 is 5.32 Å². The number of aryl methyl sites for hydroxylation is 1. The Hall–Kier alpha value is -0.800. The summed E-state index contributed by atoms with van der Waals surface area (Å²) < 4.78 is 5.36. The van der Waals surface area contributed by atoms with Crippen LogP contribution in [0.3, 0.4) is 0 Å². The fraction of sp³-hybridized carbons (Fsp3) is 0.600. The third kappa shape index (κ3) is 1.76. The van der Waals surface area contributed by atoms with Crippen molar-refractivity contribution in [2.75, 3.05) is 13.2 Å². The molecule has 3 heteroatoms. The van der Waals surface area contributed by atoms with E-state index < -0.39 is 0 Å². The zero-order valence-corrected chi connectivity index (χ0v) is 7.62. The number of hydrogen-bond acceptors (Lipinski definition) is 3. The van der Waals surface area contributed by atoms with E-state index in [9.17, 15) is 0 Å². The molecule has 0 amide bonds. The number of nitrogens with one attached hydrogen (secondary N) is 1. The molecule has 0 aromatic carbocycles. The van der Waals surface area contributed by atoms with Gasteiger partial charge in [-0.25, -0.2) is 0 Å². The lowest BCUT2D eigenvalue weighted by atomic mass is 9.93. The topological polar surface area (TPSA) is 45.4 Å². The van der Waals surface area contributed by atoms with Gasteiger partial charge in [-0.3, -0.25) is 0 Å². The zero-order chi connectivity index (χ0) is 9.10. The predicted molar refractivity (Wildman–Crippen MR) is 49.5 cm³/mol. The van der Waals surface area contributed by atoms with E-state index in [1.54, 1.807) is 6.26 Å². The van der Waals surface area contributed by atoms with Gasteiger partial charge in [0.25, 0.3) is 0 Å². The lowest BCUT2D eigenvalue weighted by Gasteiger charge is -2.22. The average molecular weight is 181 g/mol. The van der Waals surface area contributed by atoms with E-state index in [1.165, 1.54) is 12.0 Å². The van der Waals surface area contributed by atoms with Crippen molar-refractivity contribution in [2.45, 2.75) is 25.3 Å². The van der Waals surface area contributed by atoms with E-state index in [2.05, 4.69) is 5.32 Å². The largest absolute Gasteiger partial charge is 0.469 e. The maximum Gasteiger partial charge on any atom is 0.108 e. The minimum absolute atomic E-state index is 0.198. The Morgan fingerprint density at radius 2 is 2.54 bits per heavy atom. The van der Waals surface area contributed by atoms with Crippen LogP contribution >= 0.6 is 0 Å². The molecule has 13 heavy (non-hydrogen) atoms. The lowest BCUT2D eigenvalue weighted by Crippen LogP contribution is -2.26. The summed E-state index contributed by atoms with van der Waals surface area (Å²) in [5.41, 5.74) is 1.28. The van der Waals surface area contributed by atoms with Crippen LogP contribution in [0.2, 0.25) is 0 Å². The maximum absolute atomic E-state index is 8.71. The second-order valence-electron chi connectivity index (χ2n) is 3.42. The number of furan rings is 1. The summed E-state index contributed by atoms with van der Waals surface area (Å²) in [5.74, 6) is 1.11. The molecule has 2 rings (SSSR count). The first-order valence-corrected chi connectivity index (χ1v) is 4.82. The van der Waals surface area contributed by atoms with Crippen LogP contribution in [0.5, 0.6) is 0 Å². The number of fused-ring (bicyclic) bond motifs is 1. The van der Waals surface area contributed by atoms with Gasteiger partial charge in [0.15, 0.2) is 0 Å². The first-order chi connectivity index (χ1) is 6.42. The Morgan fingerprint density at radius 1 is 1.62 bits per heavy atom. The monoisotopic (exact) mass is 181 g/mol. The molecule has 0 fully saturated rings. The normalized spacial score (nSPS) is 21.5. The van der Waals surface area contributed by atoms with E-state index in [1.807, 2.05) is 6.07 Å². The van der Waals surface area contributed by atoms with Crippen LogP contribution in [0.4, 0.5) is 0 Å². The molecule has 1 atom stereocenters. The molecule has 3 nitrogen and oxygen atoms in total. The van der Waals surface area contributed by atoms with Crippen molar-refractivity contribution in [2.24, 2.45) is 0 Å². The molecule has 1 aromatic rings. The molecule has 0 radical (unpaired) electrons. The summed E-state index contributed by atoms with van der Waals surface area (Å²) in [4.78, 5) is 0. The molecule has 0 spiro atoms. The Balaban J connectivity index is 2.07. The maximum atomic E-state index is 8.71. The fourth-order valence-corrected chi connectivity index (χ4v) is 1.94. The summed E-state index contributed by atoms with van der Waals surface area (Å²) in [5, 5.41) is 12.0. The molecule has 1 aliphatic carbocycles. The molecule has 1 aliphatic rings. The quantitative estimate of drug-likeness (QED) is 0.737. The van der Waals surface area contributed by atoms with Crippen molar-refractivity contribution in [3.05, 3.63) is 23.7 Å². The summed E-state index contributed by atoms with van der Waals surface area (Å²) in [6, 6.07) is 2.42. The molecule has 1 heterocycles. The highest BCUT2D eigenvalue weighted by Gasteiger charge is 2.21. The van der Waals surface area contributed by atoms with Gasteiger partial charge in [-0.05, 0) is 18.9 Å². The highest BCUT2D eigenvalue weighted by Crippen LogP contribution is 2.29. The molecule has 0 bridgehead atoms. The minimum atomic E-state index is 0.198. The van der Waals surface area contributed by atoms with Gasteiger partial charge >= 0.3 is 0 Å². The second kappa shape index (κ2) is 3.94. The summed E-state index contributed by atoms with van der Waals surface area (Å²) in [7, 11) is 0. The Kier molecular flexibility index (Phi) is 2.66. The Labute approximate surface area is 77.8 Å². The second-order valence-corrected chi connectivity index (χ2v) is 3.42. The summed E-state index contributed by atoms with van der Waals surface area (Å²) >= 11 is 0. The van der Waals surface area contributed by atoms with E-state index in [0.29, 0.717) is 12.6 Å². The first-order valence-electron chi connectivity index (χ1n) is 4.82. The van der Waals surface area contributed by atoms with Crippen LogP contribution in [-0.2, 0) is 6.42 Å². The van der Waals surface area contributed by atoms with Gasteiger partial charge in [-0.1, -0.05) is 0 Å². The SMILES string of the molecule is OCCNC1CCCc2occc21. The van der Waals surface area contributed by atoms with Crippen molar-refractivity contribution in [3.63, 3.8) is 0 Å². The molecular formula is C10H15NO2. The van der Waals surface area contributed by atoms with Crippen LogP contribution in [0.1, 0.15) is 30.2 Å². The van der Waals surface area contributed by atoms with E-state index in [0.717, 1.165) is 18.6 Å². The van der Waals surface area contributed by atoms with Gasteiger partial charge in [0.2, 0.25) is 0 Å². The summed E-state index contributed by atoms with van der Waals surface area (Å²) in [6.45, 7) is 0.860. The molecule has 2 N–H and O–H groups in total. The molecule has 72 valence electrons. The van der Waals surface area contributed by atoms with Crippen molar-refractivity contribution < 1.29 is 9.52 Å². The van der Waals surface area contributed by atoms with E-state index in [4.69, 9.17) is 9.52 Å². The molecule has 0 saturated carbocycles. The zero-order valence-electron chi connectivity index (χ0n) is 7.62. The van der Waals surface area contributed by atoms with Gasteiger partial charge in [-0.15, -0.1) is 0 Å². The molecule has 1 aromatic heterocycles. The summed E-state index contributed by atoms with van der Waals surface area (Å²) in [6.07, 6.45) is 5.12.